The van der Waals surface area contributed by atoms with E-state index in [4.69, 9.17) is 5.11 Å². The molecule has 0 aromatic heterocycles. The minimum Gasteiger partial charge on any atom is -0.480 e. The van der Waals surface area contributed by atoms with Crippen LogP contribution in [0.3, 0.4) is 0 Å². The van der Waals surface area contributed by atoms with E-state index in [9.17, 15) is 4.79 Å². The van der Waals surface area contributed by atoms with Gasteiger partial charge in [-0.1, -0.05) is 0 Å². The molecule has 0 bridgehead atoms. The number of hydrogen-bond donors (Lipinski definition) is 3. The molecule has 0 fully saturated rings. The fraction of sp³-hybridized carbons (Fsp3) is 0.900. The van der Waals surface area contributed by atoms with Crippen LogP contribution in [0.5, 0.6) is 0 Å². The minimum absolute atomic E-state index is 0.843. The van der Waals surface area contributed by atoms with Crippen molar-refractivity contribution in [1.82, 2.24) is 0 Å². The van der Waals surface area contributed by atoms with Crippen molar-refractivity contribution in [3.63, 3.8) is 0 Å². The van der Waals surface area contributed by atoms with Crippen LogP contribution in [0.4, 0.5) is 0 Å². The first-order valence-electron chi connectivity index (χ1n) is 5.20. The quantitative estimate of drug-likeness (QED) is 0.296. The molecular formula is C10H22O2S2Sn. The van der Waals surface area contributed by atoms with Crippen LogP contribution in [-0.2, 0) is 4.79 Å². The molecule has 0 spiro atoms. The number of unbranched alkanes of at least 4 members (excludes halogenated alkanes) is 2. The minimum atomic E-state index is -1.01. The third-order valence-corrected chi connectivity index (χ3v) is 3.31. The van der Waals surface area contributed by atoms with Gasteiger partial charge in [0, 0.05) is 0 Å². The number of hydrogen-bond acceptors (Lipinski definition) is 3. The summed E-state index contributed by atoms with van der Waals surface area (Å²) in [5.74, 6) is -0.0972. The van der Waals surface area contributed by atoms with Gasteiger partial charge in [-0.3, -0.25) is 4.79 Å². The largest absolute Gasteiger partial charge is 0.480 e. The standard InChI is InChI=1S/C8H17.C2H4O2S2.Sn.H/c1-4-5-6-7-8(2)3;3-1(4)2(5)6;;/h8H,1,4-7H2,2-3H3;2,5-6H,(H,3,4);;. The fourth-order valence-corrected chi connectivity index (χ4v) is 1.70. The zero-order chi connectivity index (χ0) is 12.3. The second-order valence-electron chi connectivity index (χ2n) is 3.74. The van der Waals surface area contributed by atoms with Gasteiger partial charge in [0.2, 0.25) is 0 Å². The summed E-state index contributed by atoms with van der Waals surface area (Å²) in [6.45, 7) is 4.61. The Morgan fingerprint density at radius 3 is 2.00 bits per heavy atom. The summed E-state index contributed by atoms with van der Waals surface area (Å²) >= 11 is 8.37. The summed E-state index contributed by atoms with van der Waals surface area (Å²) in [6.07, 6.45) is 5.84. The first kappa shape index (κ1) is 18.3. The molecule has 2 nitrogen and oxygen atoms in total. The van der Waals surface area contributed by atoms with Crippen LogP contribution in [-0.4, -0.2) is 38.2 Å². The van der Waals surface area contributed by atoms with Crippen molar-refractivity contribution >= 4 is 53.8 Å². The van der Waals surface area contributed by atoms with E-state index in [1.807, 2.05) is 0 Å². The Labute approximate surface area is 118 Å². The Kier molecular flexibility index (Phi) is 15.9. The van der Waals surface area contributed by atoms with E-state index in [2.05, 4.69) is 39.1 Å². The van der Waals surface area contributed by atoms with Crippen LogP contribution in [0.15, 0.2) is 0 Å². The predicted octanol–water partition coefficient (Wildman–Crippen LogP) is 2.78. The van der Waals surface area contributed by atoms with Gasteiger partial charge in [0.1, 0.15) is 4.58 Å². The van der Waals surface area contributed by atoms with Gasteiger partial charge in [0.05, 0.1) is 0 Å². The second-order valence-corrected chi connectivity index (χ2v) is 6.83. The molecule has 0 amide bonds. The maximum atomic E-state index is 9.55. The average molecular weight is 357 g/mol. The Morgan fingerprint density at radius 2 is 1.73 bits per heavy atom. The van der Waals surface area contributed by atoms with Crippen molar-refractivity contribution in [3.8, 4) is 0 Å². The monoisotopic (exact) mass is 358 g/mol. The molecule has 90 valence electrons. The zero-order valence-electron chi connectivity index (χ0n) is 9.52. The summed E-state index contributed by atoms with van der Waals surface area (Å²) in [7, 11) is 0. The molecule has 5 heteroatoms. The molecule has 0 saturated heterocycles. The van der Waals surface area contributed by atoms with E-state index in [1.54, 1.807) is 0 Å². The molecule has 0 aliphatic heterocycles. The van der Waals surface area contributed by atoms with Gasteiger partial charge >= 0.3 is 78.4 Å². The van der Waals surface area contributed by atoms with Gasteiger partial charge in [-0.25, -0.2) is 0 Å². The average Bonchev–Trinajstić information content (AvgIpc) is 2.13. The van der Waals surface area contributed by atoms with Gasteiger partial charge in [-0.05, 0) is 0 Å². The van der Waals surface area contributed by atoms with Crippen LogP contribution < -0.4 is 0 Å². The first-order chi connectivity index (χ1) is 6.91. The van der Waals surface area contributed by atoms with Crippen molar-refractivity contribution in [1.29, 1.82) is 0 Å². The molecule has 0 saturated carbocycles. The number of aliphatic carboxylic acids is 1. The maximum absolute atomic E-state index is 9.55. The van der Waals surface area contributed by atoms with Gasteiger partial charge in [0.25, 0.3) is 0 Å². The Morgan fingerprint density at radius 1 is 1.27 bits per heavy atom. The van der Waals surface area contributed by atoms with Crippen LogP contribution >= 0.6 is 25.3 Å². The second kappa shape index (κ2) is 13.0. The maximum Gasteiger partial charge on any atom is 0.326 e. The fourth-order valence-electron chi connectivity index (χ4n) is 0.874. The van der Waals surface area contributed by atoms with Crippen molar-refractivity contribution in [2.24, 2.45) is 5.92 Å². The third kappa shape index (κ3) is 20.9. The van der Waals surface area contributed by atoms with E-state index in [1.165, 1.54) is 52.6 Å². The summed E-state index contributed by atoms with van der Waals surface area (Å²) in [6, 6.07) is 0. The topological polar surface area (TPSA) is 37.3 Å². The Hall–Kier alpha value is 0.969. The Bertz CT molecular complexity index is 152. The van der Waals surface area contributed by atoms with Gasteiger partial charge in [0.15, 0.2) is 0 Å². The predicted molar refractivity (Wildman–Crippen MR) is 74.7 cm³/mol. The molecule has 2 radical (unpaired) electrons. The molecule has 0 rings (SSSR count). The molecule has 0 aromatic carbocycles. The van der Waals surface area contributed by atoms with E-state index < -0.39 is 10.6 Å². The van der Waals surface area contributed by atoms with Gasteiger partial charge in [-0.15, -0.1) is 0 Å². The third-order valence-electron chi connectivity index (χ3n) is 1.71. The van der Waals surface area contributed by atoms with Crippen LogP contribution in [0.25, 0.3) is 0 Å². The molecule has 0 unspecified atom stereocenters. The van der Waals surface area contributed by atoms with Crippen molar-refractivity contribution in [2.75, 3.05) is 0 Å². The van der Waals surface area contributed by atoms with Crippen LogP contribution in [0.1, 0.15) is 39.5 Å². The molecule has 15 heavy (non-hydrogen) atoms. The van der Waals surface area contributed by atoms with E-state index >= 15 is 0 Å². The zero-order valence-corrected chi connectivity index (χ0v) is 14.6. The molecule has 0 aliphatic carbocycles. The summed E-state index contributed by atoms with van der Waals surface area (Å²) in [5, 5.41) is 7.84. The van der Waals surface area contributed by atoms with Crippen molar-refractivity contribution in [2.45, 2.75) is 48.5 Å². The number of carbonyl (C=O) groups is 1. The smallest absolute Gasteiger partial charge is 0.326 e. The number of thiol groups is 2. The van der Waals surface area contributed by atoms with E-state index in [-0.39, 0.29) is 0 Å². The first-order valence-corrected chi connectivity index (χ1v) is 8.57. The molecule has 1 N–H and O–H groups in total. The molecule has 0 aromatic rings. The normalized spacial score (nSPS) is 10.1. The number of carboxylic acids is 1. The van der Waals surface area contributed by atoms with Gasteiger partial charge in [-0.2, -0.15) is 25.3 Å². The molecular weight excluding hydrogens is 335 g/mol. The Balaban J connectivity index is 0. The summed E-state index contributed by atoms with van der Waals surface area (Å²) in [5.41, 5.74) is 0. The van der Waals surface area contributed by atoms with E-state index in [0.717, 1.165) is 5.92 Å². The molecule has 0 heterocycles. The molecule has 0 atom stereocenters. The van der Waals surface area contributed by atoms with Gasteiger partial charge < -0.3 is 5.11 Å². The number of rotatable bonds is 6. The summed E-state index contributed by atoms with van der Waals surface area (Å²) in [4.78, 5) is 9.55. The van der Waals surface area contributed by atoms with Crippen molar-refractivity contribution < 1.29 is 9.90 Å². The van der Waals surface area contributed by atoms with Crippen LogP contribution in [0, 0.1) is 5.92 Å². The van der Waals surface area contributed by atoms with Crippen LogP contribution in [0.2, 0.25) is 4.44 Å². The summed E-state index contributed by atoms with van der Waals surface area (Å²) < 4.78 is 0.647. The SMILES string of the molecule is CC(C)CCCC[CH2][SnH].O=C(O)C(S)S. The van der Waals surface area contributed by atoms with E-state index in [0.29, 0.717) is 0 Å². The molecule has 0 aliphatic rings. The number of carboxylic acid groups (broad SMARTS) is 1. The van der Waals surface area contributed by atoms with Crippen molar-refractivity contribution in [3.05, 3.63) is 0 Å².